The van der Waals surface area contributed by atoms with E-state index in [1.54, 1.807) is 7.11 Å². The Kier molecular flexibility index (Phi) is 4.81. The maximum absolute atomic E-state index is 5.77. The van der Waals surface area contributed by atoms with Crippen LogP contribution in [-0.2, 0) is 7.05 Å². The Labute approximate surface area is 171 Å². The first-order valence-corrected chi connectivity index (χ1v) is 9.69. The van der Waals surface area contributed by atoms with Gasteiger partial charge in [-0.25, -0.2) is 0 Å². The highest BCUT2D eigenvalue weighted by Crippen LogP contribution is 2.43. The molecule has 0 spiro atoms. The zero-order valence-electron chi connectivity index (χ0n) is 16.5. The normalized spacial score (nSPS) is 19.0. The van der Waals surface area contributed by atoms with Gasteiger partial charge in [0.15, 0.2) is 5.11 Å². The first-order chi connectivity index (χ1) is 13.5. The number of aromatic nitrogens is 2. The molecule has 0 amide bonds. The maximum Gasteiger partial charge on any atom is 0.174 e. The van der Waals surface area contributed by atoms with Crippen LogP contribution in [0, 0.1) is 13.8 Å². The lowest BCUT2D eigenvalue weighted by molar-refractivity contribution is 0.415. The molecule has 1 aliphatic rings. The molecule has 0 aliphatic carbocycles. The van der Waals surface area contributed by atoms with Gasteiger partial charge in [-0.3, -0.25) is 4.98 Å². The van der Waals surface area contributed by atoms with Crippen LogP contribution in [0.3, 0.4) is 0 Å². The summed E-state index contributed by atoms with van der Waals surface area (Å²) in [5, 5.41) is 4.21. The summed E-state index contributed by atoms with van der Waals surface area (Å²) in [6, 6.07) is 16.3. The fourth-order valence-electron chi connectivity index (χ4n) is 3.88. The average Bonchev–Trinajstić information content (AvgIpc) is 3.20. The molecule has 1 N–H and O–H groups in total. The van der Waals surface area contributed by atoms with Gasteiger partial charge in [-0.15, -0.1) is 0 Å². The van der Waals surface area contributed by atoms with Crippen LogP contribution in [0.5, 0.6) is 5.75 Å². The van der Waals surface area contributed by atoms with Crippen molar-refractivity contribution in [2.45, 2.75) is 25.9 Å². The Bertz CT molecular complexity index is 997. The molecule has 0 bridgehead atoms. The van der Waals surface area contributed by atoms with Crippen molar-refractivity contribution in [3.05, 3.63) is 77.4 Å². The number of rotatable bonds is 4. The summed E-state index contributed by atoms with van der Waals surface area (Å²) in [5.74, 6) is 0.825. The van der Waals surface area contributed by atoms with Crippen LogP contribution < -0.4 is 15.0 Å². The van der Waals surface area contributed by atoms with Gasteiger partial charge in [0.1, 0.15) is 5.75 Å². The molecule has 4 rings (SSSR count). The fraction of sp³-hybridized carbons (Fsp3) is 0.273. The van der Waals surface area contributed by atoms with Gasteiger partial charge in [0.2, 0.25) is 0 Å². The summed E-state index contributed by atoms with van der Waals surface area (Å²) >= 11 is 5.77. The minimum absolute atomic E-state index is 0.00990. The topological polar surface area (TPSA) is 42.3 Å². The van der Waals surface area contributed by atoms with Gasteiger partial charge in [0.25, 0.3) is 0 Å². The molecular weight excluding hydrogens is 368 g/mol. The van der Waals surface area contributed by atoms with E-state index in [0.29, 0.717) is 5.11 Å². The van der Waals surface area contributed by atoms with Crippen molar-refractivity contribution in [3.8, 4) is 5.75 Å². The van der Waals surface area contributed by atoms with Gasteiger partial charge in [-0.2, -0.15) is 0 Å². The van der Waals surface area contributed by atoms with Crippen molar-refractivity contribution in [3.63, 3.8) is 0 Å². The lowest BCUT2D eigenvalue weighted by atomic mass is 9.96. The zero-order chi connectivity index (χ0) is 19.8. The van der Waals surface area contributed by atoms with Gasteiger partial charge in [0, 0.05) is 30.3 Å². The summed E-state index contributed by atoms with van der Waals surface area (Å²) in [4.78, 5) is 6.80. The number of pyridine rings is 1. The molecule has 1 saturated heterocycles. The first kappa shape index (κ1) is 18.5. The largest absolute Gasteiger partial charge is 0.497 e. The van der Waals surface area contributed by atoms with E-state index in [0.717, 1.165) is 17.1 Å². The Morgan fingerprint density at radius 2 is 1.86 bits per heavy atom. The molecule has 3 aromatic rings. The third kappa shape index (κ3) is 3.03. The Morgan fingerprint density at radius 1 is 1.11 bits per heavy atom. The number of methoxy groups -OCH3 is 1. The molecule has 28 heavy (non-hydrogen) atoms. The SMILES string of the molecule is COc1ccc(N2C(=S)N[C@@H](c3ccccn3)[C@H]2c2cc(C)n(C)c2C)cc1. The molecule has 5 nitrogen and oxygen atoms in total. The standard InChI is InChI=1S/C22H24N4OS/c1-14-13-18(15(2)25(14)3)21-20(19-7-5-6-12-23-19)24-22(28)26(21)16-8-10-17(27-4)11-9-16/h5-13,20-21H,1-4H3,(H,24,28)/t20-,21+/m0/s1. The molecule has 0 radical (unpaired) electrons. The summed E-state index contributed by atoms with van der Waals surface area (Å²) in [6.45, 7) is 4.29. The van der Waals surface area contributed by atoms with E-state index < -0.39 is 0 Å². The van der Waals surface area contributed by atoms with Crippen LogP contribution in [0.1, 0.15) is 34.7 Å². The minimum atomic E-state index is -0.0312. The molecular formula is C22H24N4OS. The van der Waals surface area contributed by atoms with Gasteiger partial charge in [-0.05, 0) is 74.1 Å². The van der Waals surface area contributed by atoms with Gasteiger partial charge < -0.3 is 19.5 Å². The highest BCUT2D eigenvalue weighted by atomic mass is 32.1. The van der Waals surface area contributed by atoms with Crippen LogP contribution in [0.25, 0.3) is 0 Å². The summed E-state index contributed by atoms with van der Waals surface area (Å²) in [7, 11) is 3.77. The molecule has 6 heteroatoms. The number of ether oxygens (including phenoxy) is 1. The molecule has 1 aromatic carbocycles. The smallest absolute Gasteiger partial charge is 0.174 e. The first-order valence-electron chi connectivity index (χ1n) is 9.28. The van der Waals surface area contributed by atoms with Crippen LogP contribution in [0.15, 0.2) is 54.7 Å². The molecule has 144 valence electrons. The van der Waals surface area contributed by atoms with Crippen molar-refractivity contribution < 1.29 is 4.74 Å². The lowest BCUT2D eigenvalue weighted by Crippen LogP contribution is -2.29. The Hall–Kier alpha value is -2.86. The molecule has 0 saturated carbocycles. The molecule has 2 atom stereocenters. The van der Waals surface area contributed by atoms with Crippen LogP contribution >= 0.6 is 12.2 Å². The van der Waals surface area contributed by atoms with Crippen LogP contribution in [-0.4, -0.2) is 21.8 Å². The second kappa shape index (κ2) is 7.28. The van der Waals surface area contributed by atoms with E-state index in [2.05, 4.69) is 52.8 Å². The van der Waals surface area contributed by atoms with Crippen LogP contribution in [0.2, 0.25) is 0 Å². The second-order valence-corrected chi connectivity index (χ2v) is 7.47. The Morgan fingerprint density at radius 3 is 2.43 bits per heavy atom. The van der Waals surface area contributed by atoms with Crippen molar-refractivity contribution in [2.75, 3.05) is 12.0 Å². The van der Waals surface area contributed by atoms with Crippen LogP contribution in [0.4, 0.5) is 5.69 Å². The summed E-state index contributed by atoms with van der Waals surface area (Å²) in [6.07, 6.45) is 1.83. The minimum Gasteiger partial charge on any atom is -0.497 e. The number of anilines is 1. The van der Waals surface area contributed by atoms with E-state index in [1.807, 2.05) is 42.6 Å². The number of nitrogens with zero attached hydrogens (tertiary/aromatic N) is 3. The quantitative estimate of drug-likeness (QED) is 0.673. The predicted octanol–water partition coefficient (Wildman–Crippen LogP) is 4.22. The fourth-order valence-corrected chi connectivity index (χ4v) is 4.22. The van der Waals surface area contributed by atoms with E-state index >= 15 is 0 Å². The second-order valence-electron chi connectivity index (χ2n) is 7.08. The summed E-state index contributed by atoms with van der Waals surface area (Å²) < 4.78 is 7.54. The molecule has 1 aliphatic heterocycles. The maximum atomic E-state index is 5.77. The number of hydrogen-bond donors (Lipinski definition) is 1. The summed E-state index contributed by atoms with van der Waals surface area (Å²) in [5.41, 5.74) is 5.71. The molecule has 1 fully saturated rings. The average molecular weight is 393 g/mol. The van der Waals surface area contributed by atoms with Crippen molar-refractivity contribution >= 4 is 23.0 Å². The third-order valence-corrected chi connectivity index (χ3v) is 5.90. The predicted molar refractivity (Wildman–Crippen MR) is 116 cm³/mol. The number of nitrogens with one attached hydrogen (secondary N) is 1. The van der Waals surface area contributed by atoms with E-state index in [4.69, 9.17) is 17.0 Å². The highest BCUT2D eigenvalue weighted by Gasteiger charge is 2.42. The number of thiocarbonyl (C=S) groups is 1. The van der Waals surface area contributed by atoms with Crippen molar-refractivity contribution in [1.82, 2.24) is 14.9 Å². The van der Waals surface area contributed by atoms with Crippen molar-refractivity contribution in [1.29, 1.82) is 0 Å². The highest BCUT2D eigenvalue weighted by molar-refractivity contribution is 7.80. The van der Waals surface area contributed by atoms with E-state index in [-0.39, 0.29) is 12.1 Å². The molecule has 3 heterocycles. The van der Waals surface area contributed by atoms with Gasteiger partial charge >= 0.3 is 0 Å². The lowest BCUT2D eigenvalue weighted by Gasteiger charge is -2.28. The van der Waals surface area contributed by atoms with Gasteiger partial charge in [0.05, 0.1) is 24.9 Å². The molecule has 0 unspecified atom stereocenters. The van der Waals surface area contributed by atoms with E-state index in [1.165, 1.54) is 17.0 Å². The Balaban J connectivity index is 1.85. The van der Waals surface area contributed by atoms with Gasteiger partial charge in [-0.1, -0.05) is 6.07 Å². The number of aryl methyl sites for hydroxylation is 1. The third-order valence-electron chi connectivity index (χ3n) is 5.58. The number of hydrogen-bond acceptors (Lipinski definition) is 3. The van der Waals surface area contributed by atoms with E-state index in [9.17, 15) is 0 Å². The number of benzene rings is 1. The van der Waals surface area contributed by atoms with Crippen molar-refractivity contribution in [2.24, 2.45) is 7.05 Å². The molecule has 2 aromatic heterocycles. The zero-order valence-corrected chi connectivity index (χ0v) is 17.3. The monoisotopic (exact) mass is 392 g/mol.